The summed E-state index contributed by atoms with van der Waals surface area (Å²) in [5.74, 6) is -0.198. The van der Waals surface area contributed by atoms with Gasteiger partial charge in [0.1, 0.15) is 0 Å². The van der Waals surface area contributed by atoms with Crippen LogP contribution in [0.5, 0.6) is 0 Å². The van der Waals surface area contributed by atoms with Crippen LogP contribution in [0.1, 0.15) is 24.0 Å². The number of nitrogens with zero attached hydrogens (tertiary/aromatic N) is 4. The quantitative estimate of drug-likeness (QED) is 0.608. The van der Waals surface area contributed by atoms with Crippen LogP contribution in [0.15, 0.2) is 40.2 Å². The van der Waals surface area contributed by atoms with E-state index in [2.05, 4.69) is 10.3 Å². The molecule has 0 aliphatic carbocycles. The first-order chi connectivity index (χ1) is 14.6. The fourth-order valence-electron chi connectivity index (χ4n) is 3.27. The second-order valence-corrected chi connectivity index (χ2v) is 7.21. The van der Waals surface area contributed by atoms with Crippen molar-refractivity contribution in [2.24, 2.45) is 14.1 Å². The van der Waals surface area contributed by atoms with Gasteiger partial charge in [-0.25, -0.2) is 9.78 Å². The second-order valence-electron chi connectivity index (χ2n) is 7.21. The molecule has 31 heavy (non-hydrogen) atoms. The van der Waals surface area contributed by atoms with Gasteiger partial charge in [-0.2, -0.15) is 13.2 Å². The highest BCUT2D eigenvalue weighted by molar-refractivity contribution is 5.75. The molecule has 3 rings (SSSR count). The third-order valence-electron chi connectivity index (χ3n) is 5.04. The number of amides is 1. The van der Waals surface area contributed by atoms with Gasteiger partial charge in [0.25, 0.3) is 5.56 Å². The molecule has 3 aromatic rings. The number of alkyl halides is 3. The zero-order valence-electron chi connectivity index (χ0n) is 17.1. The van der Waals surface area contributed by atoms with E-state index in [9.17, 15) is 27.6 Å². The molecule has 0 saturated heterocycles. The van der Waals surface area contributed by atoms with Crippen LogP contribution >= 0.6 is 0 Å². The summed E-state index contributed by atoms with van der Waals surface area (Å²) in [6, 6.07) is 4.83. The van der Waals surface area contributed by atoms with E-state index >= 15 is 0 Å². The van der Waals surface area contributed by atoms with Crippen molar-refractivity contribution in [3.05, 3.63) is 62.6 Å². The van der Waals surface area contributed by atoms with Crippen LogP contribution in [0.3, 0.4) is 0 Å². The summed E-state index contributed by atoms with van der Waals surface area (Å²) in [4.78, 5) is 40.5. The highest BCUT2D eigenvalue weighted by Crippen LogP contribution is 2.29. The normalized spacial score (nSPS) is 11.8. The number of aromatic nitrogens is 4. The Labute approximate surface area is 174 Å². The smallest absolute Gasteiger partial charge is 0.356 e. The van der Waals surface area contributed by atoms with Gasteiger partial charge in [-0.1, -0.05) is 12.1 Å². The molecular formula is C20H22F3N5O3. The molecule has 0 aliphatic heterocycles. The molecule has 8 nitrogen and oxygen atoms in total. The molecule has 0 saturated carbocycles. The Morgan fingerprint density at radius 2 is 1.77 bits per heavy atom. The second kappa shape index (κ2) is 8.78. The Hall–Kier alpha value is -3.37. The van der Waals surface area contributed by atoms with Gasteiger partial charge in [0.15, 0.2) is 11.2 Å². The van der Waals surface area contributed by atoms with E-state index in [1.807, 2.05) is 0 Å². The van der Waals surface area contributed by atoms with E-state index in [0.29, 0.717) is 37.0 Å². The SMILES string of the molecule is Cn1c(=O)c2c(ncn2CCCC(=O)NCCc2ccc(C(F)(F)F)cc2)n(C)c1=O. The standard InChI is InChI=1S/C20H22F3N5O3/c1-26-17-16(18(30)27(2)19(26)31)28(12-25-17)11-3-4-15(29)24-10-9-13-5-7-14(8-6-13)20(21,22)23/h5-8,12H,3-4,9-11H2,1-2H3,(H,24,29). The Bertz CT molecular complexity index is 1210. The number of nitrogens with one attached hydrogen (secondary N) is 1. The molecular weight excluding hydrogens is 415 g/mol. The summed E-state index contributed by atoms with van der Waals surface area (Å²) in [5, 5.41) is 2.73. The fraction of sp³-hybridized carbons (Fsp3) is 0.400. The Balaban J connectivity index is 1.50. The average Bonchev–Trinajstić information content (AvgIpc) is 3.14. The molecule has 0 atom stereocenters. The lowest BCUT2D eigenvalue weighted by Gasteiger charge is -2.09. The number of hydrogen-bond acceptors (Lipinski definition) is 4. The minimum atomic E-state index is -4.37. The monoisotopic (exact) mass is 437 g/mol. The topological polar surface area (TPSA) is 90.9 Å². The van der Waals surface area contributed by atoms with Crippen LogP contribution in [0.2, 0.25) is 0 Å². The number of carbonyl (C=O) groups excluding carboxylic acids is 1. The minimum Gasteiger partial charge on any atom is -0.356 e. The number of aryl methyl sites for hydroxylation is 2. The lowest BCUT2D eigenvalue weighted by molar-refractivity contribution is -0.137. The molecule has 0 fully saturated rings. The largest absolute Gasteiger partial charge is 0.416 e. The lowest BCUT2D eigenvalue weighted by Crippen LogP contribution is -2.37. The van der Waals surface area contributed by atoms with E-state index in [1.165, 1.54) is 37.1 Å². The number of fused-ring (bicyclic) bond motifs is 1. The zero-order chi connectivity index (χ0) is 22.8. The maximum Gasteiger partial charge on any atom is 0.416 e. The van der Waals surface area contributed by atoms with Crippen molar-refractivity contribution in [1.82, 2.24) is 24.0 Å². The van der Waals surface area contributed by atoms with Crippen molar-refractivity contribution in [2.45, 2.75) is 32.0 Å². The summed E-state index contributed by atoms with van der Waals surface area (Å²) >= 11 is 0. The molecule has 1 aromatic carbocycles. The van der Waals surface area contributed by atoms with E-state index in [0.717, 1.165) is 16.7 Å². The average molecular weight is 437 g/mol. The van der Waals surface area contributed by atoms with Crippen LogP contribution in [0.25, 0.3) is 11.2 Å². The van der Waals surface area contributed by atoms with Crippen LogP contribution < -0.4 is 16.6 Å². The summed E-state index contributed by atoms with van der Waals surface area (Å²) in [5.41, 5.74) is -0.338. The molecule has 0 aliphatic rings. The predicted octanol–water partition coefficient (Wildman–Crippen LogP) is 1.59. The fourth-order valence-corrected chi connectivity index (χ4v) is 3.27. The number of rotatable bonds is 7. The third-order valence-corrected chi connectivity index (χ3v) is 5.04. The maximum atomic E-state index is 12.6. The highest BCUT2D eigenvalue weighted by Gasteiger charge is 2.29. The third kappa shape index (κ3) is 4.86. The first-order valence-corrected chi connectivity index (χ1v) is 9.63. The van der Waals surface area contributed by atoms with E-state index < -0.39 is 23.0 Å². The lowest BCUT2D eigenvalue weighted by atomic mass is 10.1. The van der Waals surface area contributed by atoms with Crippen molar-refractivity contribution >= 4 is 17.1 Å². The Morgan fingerprint density at radius 3 is 2.42 bits per heavy atom. The molecule has 0 spiro atoms. The number of benzene rings is 1. The van der Waals surface area contributed by atoms with E-state index in [1.54, 1.807) is 4.57 Å². The number of imidazole rings is 1. The van der Waals surface area contributed by atoms with Gasteiger partial charge in [0, 0.05) is 33.6 Å². The molecule has 0 bridgehead atoms. The van der Waals surface area contributed by atoms with Gasteiger partial charge >= 0.3 is 11.9 Å². The maximum absolute atomic E-state index is 12.6. The van der Waals surface area contributed by atoms with Crippen molar-refractivity contribution in [3.63, 3.8) is 0 Å². The zero-order valence-corrected chi connectivity index (χ0v) is 17.1. The molecule has 0 unspecified atom stereocenters. The highest BCUT2D eigenvalue weighted by atomic mass is 19.4. The van der Waals surface area contributed by atoms with Crippen molar-refractivity contribution in [2.75, 3.05) is 6.54 Å². The Morgan fingerprint density at radius 1 is 1.10 bits per heavy atom. The van der Waals surface area contributed by atoms with Crippen LogP contribution in [0, 0.1) is 0 Å². The predicted molar refractivity (Wildman–Crippen MR) is 108 cm³/mol. The number of carbonyl (C=O) groups is 1. The molecule has 2 heterocycles. The van der Waals surface area contributed by atoms with Gasteiger partial charge in [-0.05, 0) is 30.5 Å². The van der Waals surface area contributed by atoms with Crippen molar-refractivity contribution in [1.29, 1.82) is 0 Å². The molecule has 11 heteroatoms. The summed E-state index contributed by atoms with van der Waals surface area (Å²) in [6.07, 6.45) is -1.83. The first kappa shape index (κ1) is 22.3. The van der Waals surface area contributed by atoms with Crippen molar-refractivity contribution < 1.29 is 18.0 Å². The molecule has 0 radical (unpaired) electrons. The minimum absolute atomic E-state index is 0.198. The molecule has 1 N–H and O–H groups in total. The Kier molecular flexibility index (Phi) is 6.32. The van der Waals surface area contributed by atoms with Gasteiger partial charge in [-0.3, -0.25) is 18.7 Å². The number of halogens is 3. The molecule has 2 aromatic heterocycles. The van der Waals surface area contributed by atoms with Crippen LogP contribution in [-0.2, 0) is 38.0 Å². The summed E-state index contributed by atoms with van der Waals surface area (Å²) in [6.45, 7) is 0.678. The molecule has 1 amide bonds. The molecule has 166 valence electrons. The number of hydrogen-bond donors (Lipinski definition) is 1. The van der Waals surface area contributed by atoms with Gasteiger partial charge in [0.2, 0.25) is 5.91 Å². The summed E-state index contributed by atoms with van der Waals surface area (Å²) in [7, 11) is 2.93. The first-order valence-electron chi connectivity index (χ1n) is 9.63. The van der Waals surface area contributed by atoms with Crippen molar-refractivity contribution in [3.8, 4) is 0 Å². The van der Waals surface area contributed by atoms with Crippen LogP contribution in [0.4, 0.5) is 13.2 Å². The summed E-state index contributed by atoms with van der Waals surface area (Å²) < 4.78 is 41.6. The van der Waals surface area contributed by atoms with Gasteiger partial charge < -0.3 is 9.88 Å². The van der Waals surface area contributed by atoms with Gasteiger partial charge in [0.05, 0.1) is 11.9 Å². The van der Waals surface area contributed by atoms with Crippen LogP contribution in [-0.4, -0.2) is 31.1 Å². The van der Waals surface area contributed by atoms with Gasteiger partial charge in [-0.15, -0.1) is 0 Å². The van der Waals surface area contributed by atoms with E-state index in [-0.39, 0.29) is 18.0 Å². The van der Waals surface area contributed by atoms with E-state index in [4.69, 9.17) is 0 Å².